The summed E-state index contributed by atoms with van der Waals surface area (Å²) in [7, 11) is 0. The van der Waals surface area contributed by atoms with Gasteiger partial charge in [0.05, 0.1) is 25.2 Å². The molecule has 5 rings (SSSR count). The number of fused-ring (bicyclic) bond motifs is 2. The van der Waals surface area contributed by atoms with Gasteiger partial charge >= 0.3 is 0 Å². The lowest BCUT2D eigenvalue weighted by Gasteiger charge is -2.23. The molecule has 3 aromatic carbocycles. The molecule has 1 amide bonds. The zero-order valence-corrected chi connectivity index (χ0v) is 17.2. The van der Waals surface area contributed by atoms with Crippen LogP contribution in [0.5, 0.6) is 17.2 Å². The summed E-state index contributed by atoms with van der Waals surface area (Å²) >= 11 is 0. The van der Waals surface area contributed by atoms with E-state index in [0.717, 1.165) is 16.8 Å². The highest BCUT2D eigenvalue weighted by molar-refractivity contribution is 6.07. The number of nitrogens with zero attached hydrogens (tertiary/aromatic N) is 1. The molecule has 6 nitrogen and oxygen atoms in total. The number of phenolic OH excluding ortho intramolecular Hbond substituents is 1. The molecule has 0 spiro atoms. The van der Waals surface area contributed by atoms with Crippen LogP contribution in [0, 0.1) is 0 Å². The summed E-state index contributed by atoms with van der Waals surface area (Å²) in [4.78, 5) is 15.3. The molecule has 31 heavy (non-hydrogen) atoms. The topological polar surface area (TPSA) is 68.2 Å². The number of carbonyl (C=O) groups is 1. The van der Waals surface area contributed by atoms with Gasteiger partial charge in [-0.1, -0.05) is 48.5 Å². The number of hydrogen-bond donors (Lipinski definition) is 1. The lowest BCUT2D eigenvalue weighted by atomic mass is 9.91. The zero-order chi connectivity index (χ0) is 21.4. The molecule has 0 radical (unpaired) electrons. The number of para-hydroxylation sites is 1. The highest BCUT2D eigenvalue weighted by atomic mass is 16.7. The van der Waals surface area contributed by atoms with Gasteiger partial charge in [-0.25, -0.2) is 0 Å². The average Bonchev–Trinajstić information content (AvgIpc) is 3.34. The van der Waals surface area contributed by atoms with Crippen molar-refractivity contribution in [2.75, 3.05) is 18.2 Å². The van der Waals surface area contributed by atoms with E-state index in [9.17, 15) is 9.90 Å². The van der Waals surface area contributed by atoms with Crippen molar-refractivity contribution in [1.82, 2.24) is 0 Å². The molecule has 0 aliphatic carbocycles. The molecule has 0 saturated heterocycles. The Bertz CT molecular complexity index is 1110. The maximum Gasteiger partial charge on any atom is 0.239 e. The molecule has 158 valence electrons. The molecule has 1 N–H and O–H groups in total. The van der Waals surface area contributed by atoms with Gasteiger partial charge in [-0.05, 0) is 30.2 Å². The van der Waals surface area contributed by atoms with Crippen LogP contribution in [-0.4, -0.2) is 30.5 Å². The van der Waals surface area contributed by atoms with Gasteiger partial charge in [0.1, 0.15) is 5.75 Å². The molecular formula is C25H23NO5. The van der Waals surface area contributed by atoms with E-state index >= 15 is 0 Å². The summed E-state index contributed by atoms with van der Waals surface area (Å²) in [6.45, 7) is 2.97. The van der Waals surface area contributed by atoms with Crippen molar-refractivity contribution in [2.45, 2.75) is 25.6 Å². The minimum Gasteiger partial charge on any atom is -0.507 e. The van der Waals surface area contributed by atoms with Gasteiger partial charge in [-0.15, -0.1) is 0 Å². The van der Waals surface area contributed by atoms with Crippen molar-refractivity contribution < 1.29 is 24.1 Å². The van der Waals surface area contributed by atoms with E-state index in [1.54, 1.807) is 11.0 Å². The maximum atomic E-state index is 13.5. The number of benzene rings is 3. The van der Waals surface area contributed by atoms with Crippen LogP contribution in [0.25, 0.3) is 0 Å². The van der Waals surface area contributed by atoms with Crippen LogP contribution in [0.15, 0.2) is 66.7 Å². The number of hydrogen-bond acceptors (Lipinski definition) is 5. The van der Waals surface area contributed by atoms with Gasteiger partial charge < -0.3 is 24.2 Å². The molecule has 0 aromatic heterocycles. The second-order valence-electron chi connectivity index (χ2n) is 7.81. The Hall–Kier alpha value is -3.51. The third-order valence-corrected chi connectivity index (χ3v) is 5.70. The van der Waals surface area contributed by atoms with E-state index < -0.39 is 5.92 Å². The van der Waals surface area contributed by atoms with Crippen molar-refractivity contribution in [3.8, 4) is 17.2 Å². The molecule has 3 aromatic rings. The third kappa shape index (κ3) is 3.59. The quantitative estimate of drug-likeness (QED) is 0.651. The van der Waals surface area contributed by atoms with E-state index in [1.165, 1.54) is 6.07 Å². The Balaban J connectivity index is 1.40. The first-order chi connectivity index (χ1) is 15.1. The standard InChI is InChI=1S/C25H23NO5/c1-16(29-14-17-7-3-2-4-8-17)13-26-20-10-6-5-9-18(20)24(25(26)28)19-11-22-23(12-21(19)27)31-15-30-22/h2-12,16,24,27H,13-15H2,1H3. The molecule has 2 heterocycles. The van der Waals surface area contributed by atoms with Gasteiger partial charge in [0.15, 0.2) is 11.5 Å². The fourth-order valence-electron chi connectivity index (χ4n) is 4.17. The Labute approximate surface area is 180 Å². The average molecular weight is 417 g/mol. The van der Waals surface area contributed by atoms with Crippen LogP contribution >= 0.6 is 0 Å². The monoisotopic (exact) mass is 417 g/mol. The maximum absolute atomic E-state index is 13.5. The fourth-order valence-corrected chi connectivity index (χ4v) is 4.17. The van der Waals surface area contributed by atoms with Gasteiger partial charge in [0, 0.05) is 17.3 Å². The second-order valence-corrected chi connectivity index (χ2v) is 7.81. The number of amides is 1. The minimum atomic E-state index is -0.605. The molecule has 0 fully saturated rings. The molecule has 2 atom stereocenters. The largest absolute Gasteiger partial charge is 0.507 e. The predicted octanol–water partition coefficient (Wildman–Crippen LogP) is 4.20. The van der Waals surface area contributed by atoms with Gasteiger partial charge in [0.25, 0.3) is 0 Å². The van der Waals surface area contributed by atoms with Crippen molar-refractivity contribution in [1.29, 1.82) is 0 Å². The molecule has 2 unspecified atom stereocenters. The first-order valence-electron chi connectivity index (χ1n) is 10.3. The number of rotatable bonds is 6. The van der Waals surface area contributed by atoms with Crippen molar-refractivity contribution in [3.63, 3.8) is 0 Å². The highest BCUT2D eigenvalue weighted by Gasteiger charge is 2.40. The molecule has 0 saturated carbocycles. The SMILES string of the molecule is CC(CN1C(=O)C(c2cc3c(cc2O)OCO3)c2ccccc21)OCc1ccccc1. The molecular weight excluding hydrogens is 394 g/mol. The number of ether oxygens (including phenoxy) is 3. The Morgan fingerprint density at radius 3 is 2.55 bits per heavy atom. The Morgan fingerprint density at radius 1 is 1.03 bits per heavy atom. The van der Waals surface area contributed by atoms with Crippen molar-refractivity contribution >= 4 is 11.6 Å². The zero-order valence-electron chi connectivity index (χ0n) is 17.2. The molecule has 2 aliphatic rings. The van der Waals surface area contributed by atoms with Crippen LogP contribution in [0.3, 0.4) is 0 Å². The van der Waals surface area contributed by atoms with Gasteiger partial charge in [-0.2, -0.15) is 0 Å². The smallest absolute Gasteiger partial charge is 0.239 e. The van der Waals surface area contributed by atoms with E-state index in [4.69, 9.17) is 14.2 Å². The summed E-state index contributed by atoms with van der Waals surface area (Å²) in [6.07, 6.45) is -0.165. The number of anilines is 1. The van der Waals surface area contributed by atoms with E-state index in [1.807, 2.05) is 61.5 Å². The molecule has 0 bridgehead atoms. The van der Waals surface area contributed by atoms with Crippen molar-refractivity contribution in [2.24, 2.45) is 0 Å². The summed E-state index contributed by atoms with van der Waals surface area (Å²) in [5, 5.41) is 10.6. The second kappa shape index (κ2) is 7.96. The molecule has 2 aliphatic heterocycles. The summed E-state index contributed by atoms with van der Waals surface area (Å²) in [5.74, 6) is 0.348. The first-order valence-corrected chi connectivity index (χ1v) is 10.3. The van der Waals surface area contributed by atoms with Crippen LogP contribution in [0.2, 0.25) is 0 Å². The fraction of sp³-hybridized carbons (Fsp3) is 0.240. The van der Waals surface area contributed by atoms with Crippen LogP contribution in [0.4, 0.5) is 5.69 Å². The van der Waals surface area contributed by atoms with E-state index in [0.29, 0.717) is 30.2 Å². The van der Waals surface area contributed by atoms with Crippen molar-refractivity contribution in [3.05, 3.63) is 83.4 Å². The number of carbonyl (C=O) groups excluding carboxylic acids is 1. The third-order valence-electron chi connectivity index (χ3n) is 5.70. The lowest BCUT2D eigenvalue weighted by Crippen LogP contribution is -2.36. The Morgan fingerprint density at radius 2 is 1.74 bits per heavy atom. The normalized spacial score (nSPS) is 17.6. The number of aromatic hydroxyl groups is 1. The Kier molecular flexibility index (Phi) is 5.00. The minimum absolute atomic E-state index is 0.0210. The highest BCUT2D eigenvalue weighted by Crippen LogP contribution is 2.47. The summed E-state index contributed by atoms with van der Waals surface area (Å²) in [5.41, 5.74) is 3.30. The van der Waals surface area contributed by atoms with Crippen LogP contribution < -0.4 is 14.4 Å². The van der Waals surface area contributed by atoms with Gasteiger partial charge in [-0.3, -0.25) is 4.79 Å². The predicted molar refractivity (Wildman–Crippen MR) is 116 cm³/mol. The molecule has 6 heteroatoms. The lowest BCUT2D eigenvalue weighted by molar-refractivity contribution is -0.119. The van der Waals surface area contributed by atoms with E-state index in [2.05, 4.69) is 0 Å². The van der Waals surface area contributed by atoms with E-state index in [-0.39, 0.29) is 24.6 Å². The summed E-state index contributed by atoms with van der Waals surface area (Å²) < 4.78 is 16.8. The first kappa shape index (κ1) is 19.5. The van der Waals surface area contributed by atoms with Crippen LogP contribution in [0.1, 0.15) is 29.5 Å². The number of phenols is 1. The van der Waals surface area contributed by atoms with Crippen LogP contribution in [-0.2, 0) is 16.1 Å². The summed E-state index contributed by atoms with van der Waals surface area (Å²) in [6, 6.07) is 20.9. The van der Waals surface area contributed by atoms with Gasteiger partial charge in [0.2, 0.25) is 12.7 Å².